The molecule has 0 aliphatic heterocycles. The van der Waals surface area contributed by atoms with Gasteiger partial charge in [0.15, 0.2) is 0 Å². The minimum absolute atomic E-state index is 0.0526. The van der Waals surface area contributed by atoms with Gasteiger partial charge >= 0.3 is 0 Å². The lowest BCUT2D eigenvalue weighted by atomic mass is 10.1. The van der Waals surface area contributed by atoms with Gasteiger partial charge < -0.3 is 10.6 Å². The number of rotatable bonds is 8. The fraction of sp³-hybridized carbons (Fsp3) is 0.529. The number of amides is 2. The van der Waals surface area contributed by atoms with Gasteiger partial charge in [-0.2, -0.15) is 0 Å². The number of benzene rings is 1. The predicted molar refractivity (Wildman–Crippen MR) is 88.4 cm³/mol. The highest BCUT2D eigenvalue weighted by Gasteiger charge is 2.13. The fourth-order valence-corrected chi connectivity index (χ4v) is 2.02. The van der Waals surface area contributed by atoms with E-state index in [9.17, 15) is 9.59 Å². The quantitative estimate of drug-likeness (QED) is 0.764. The van der Waals surface area contributed by atoms with Crippen LogP contribution in [-0.2, 0) is 16.1 Å². The van der Waals surface area contributed by atoms with E-state index in [-0.39, 0.29) is 30.9 Å². The molecule has 22 heavy (non-hydrogen) atoms. The highest BCUT2D eigenvalue weighted by molar-refractivity contribution is 5.81. The van der Waals surface area contributed by atoms with Crippen molar-refractivity contribution in [3.63, 3.8) is 0 Å². The summed E-state index contributed by atoms with van der Waals surface area (Å²) in [6, 6.07) is 8.17. The van der Waals surface area contributed by atoms with Crippen LogP contribution in [0.4, 0.5) is 0 Å². The molecular weight excluding hydrogens is 278 g/mol. The normalized spacial score (nSPS) is 10.8. The van der Waals surface area contributed by atoms with Gasteiger partial charge in [0.1, 0.15) is 0 Å². The van der Waals surface area contributed by atoms with Gasteiger partial charge in [-0.3, -0.25) is 14.5 Å². The summed E-state index contributed by atoms with van der Waals surface area (Å²) in [6.07, 6.45) is 0. The number of nitrogens with zero attached hydrogens (tertiary/aromatic N) is 1. The first-order valence-electron chi connectivity index (χ1n) is 7.74. The molecule has 0 atom stereocenters. The number of likely N-dealkylation sites (N-methyl/N-ethyl adjacent to an activating group) is 1. The molecule has 0 saturated carbocycles. The number of hydrogen-bond donors (Lipinski definition) is 2. The zero-order chi connectivity index (χ0) is 16.5. The topological polar surface area (TPSA) is 61.4 Å². The summed E-state index contributed by atoms with van der Waals surface area (Å²) in [6.45, 7) is 9.45. The molecule has 0 bridgehead atoms. The summed E-state index contributed by atoms with van der Waals surface area (Å²) >= 11 is 0. The molecular formula is C17H27N3O2. The maximum absolute atomic E-state index is 12.0. The van der Waals surface area contributed by atoms with Crippen molar-refractivity contribution in [3.8, 4) is 0 Å². The first-order valence-corrected chi connectivity index (χ1v) is 7.74. The second kappa shape index (κ2) is 9.20. The monoisotopic (exact) mass is 305 g/mol. The third-order valence-corrected chi connectivity index (χ3v) is 3.24. The molecule has 1 rings (SSSR count). The zero-order valence-corrected chi connectivity index (χ0v) is 14.0. The lowest BCUT2D eigenvalue weighted by molar-refractivity contribution is -0.125. The van der Waals surface area contributed by atoms with Crippen molar-refractivity contribution in [3.05, 3.63) is 35.4 Å². The van der Waals surface area contributed by atoms with Crippen molar-refractivity contribution < 1.29 is 9.59 Å². The van der Waals surface area contributed by atoms with E-state index >= 15 is 0 Å². The summed E-state index contributed by atoms with van der Waals surface area (Å²) in [4.78, 5) is 25.5. The third-order valence-electron chi connectivity index (χ3n) is 3.24. The smallest absolute Gasteiger partial charge is 0.234 e. The van der Waals surface area contributed by atoms with Crippen LogP contribution in [0.5, 0.6) is 0 Å². The van der Waals surface area contributed by atoms with Crippen molar-refractivity contribution in [2.24, 2.45) is 0 Å². The van der Waals surface area contributed by atoms with Crippen LogP contribution in [0.25, 0.3) is 0 Å². The highest BCUT2D eigenvalue weighted by atomic mass is 16.2. The maximum atomic E-state index is 12.0. The molecule has 0 aromatic heterocycles. The standard InChI is InChI=1S/C17H27N3O2/c1-5-20(12-17(22)19-13(2)3)11-16(21)18-10-15-8-6-14(4)7-9-15/h6-9,13H,5,10-12H2,1-4H3,(H,18,21)(H,19,22). The van der Waals surface area contributed by atoms with Crippen LogP contribution in [0, 0.1) is 6.92 Å². The van der Waals surface area contributed by atoms with Gasteiger partial charge in [-0.15, -0.1) is 0 Å². The Kier molecular flexibility index (Phi) is 7.60. The Hall–Kier alpha value is -1.88. The summed E-state index contributed by atoms with van der Waals surface area (Å²) in [5.74, 6) is -0.122. The number of aryl methyl sites for hydroxylation is 1. The largest absolute Gasteiger partial charge is 0.353 e. The Morgan fingerprint density at radius 1 is 1.09 bits per heavy atom. The Morgan fingerprint density at radius 3 is 2.23 bits per heavy atom. The number of carbonyl (C=O) groups is 2. The van der Waals surface area contributed by atoms with Gasteiger partial charge in [-0.1, -0.05) is 36.8 Å². The second-order valence-electron chi connectivity index (χ2n) is 5.79. The molecule has 5 heteroatoms. The number of carbonyl (C=O) groups excluding carboxylic acids is 2. The van der Waals surface area contributed by atoms with E-state index in [2.05, 4.69) is 10.6 Å². The van der Waals surface area contributed by atoms with Gasteiger partial charge in [-0.05, 0) is 32.9 Å². The number of hydrogen-bond acceptors (Lipinski definition) is 3. The molecule has 0 radical (unpaired) electrons. The zero-order valence-electron chi connectivity index (χ0n) is 14.0. The van der Waals surface area contributed by atoms with E-state index in [1.54, 1.807) is 0 Å². The Morgan fingerprint density at radius 2 is 1.68 bits per heavy atom. The van der Waals surface area contributed by atoms with Crippen molar-refractivity contribution in [1.29, 1.82) is 0 Å². The van der Waals surface area contributed by atoms with Crippen molar-refractivity contribution >= 4 is 11.8 Å². The van der Waals surface area contributed by atoms with Crippen LogP contribution in [0.15, 0.2) is 24.3 Å². The van der Waals surface area contributed by atoms with Gasteiger partial charge in [0.2, 0.25) is 11.8 Å². The molecule has 1 aromatic rings. The van der Waals surface area contributed by atoms with Gasteiger partial charge in [0.25, 0.3) is 0 Å². The van der Waals surface area contributed by atoms with E-state index in [0.717, 1.165) is 5.56 Å². The summed E-state index contributed by atoms with van der Waals surface area (Å²) in [5.41, 5.74) is 2.27. The number of nitrogens with one attached hydrogen (secondary N) is 2. The second-order valence-corrected chi connectivity index (χ2v) is 5.79. The van der Waals surface area contributed by atoms with Crippen molar-refractivity contribution in [2.75, 3.05) is 19.6 Å². The first-order chi connectivity index (χ1) is 10.4. The van der Waals surface area contributed by atoms with E-state index in [4.69, 9.17) is 0 Å². The highest BCUT2D eigenvalue weighted by Crippen LogP contribution is 2.02. The Bertz CT molecular complexity index is 483. The predicted octanol–water partition coefficient (Wildman–Crippen LogP) is 1.46. The molecule has 0 unspecified atom stereocenters. The third kappa shape index (κ3) is 7.22. The van der Waals surface area contributed by atoms with E-state index < -0.39 is 0 Å². The van der Waals surface area contributed by atoms with Crippen LogP contribution in [0.1, 0.15) is 31.9 Å². The van der Waals surface area contributed by atoms with Gasteiger partial charge in [0, 0.05) is 12.6 Å². The van der Waals surface area contributed by atoms with E-state index in [1.165, 1.54) is 5.56 Å². The Balaban J connectivity index is 2.38. The van der Waals surface area contributed by atoms with Crippen LogP contribution in [0.3, 0.4) is 0 Å². The first kappa shape index (κ1) is 18.2. The average Bonchev–Trinajstić information content (AvgIpc) is 2.45. The van der Waals surface area contributed by atoms with Crippen LogP contribution in [-0.4, -0.2) is 42.4 Å². The van der Waals surface area contributed by atoms with Gasteiger partial charge in [0.05, 0.1) is 13.1 Å². The minimum Gasteiger partial charge on any atom is -0.353 e. The lowest BCUT2D eigenvalue weighted by Gasteiger charge is -2.20. The lowest BCUT2D eigenvalue weighted by Crippen LogP contribution is -2.44. The maximum Gasteiger partial charge on any atom is 0.234 e. The molecule has 0 saturated heterocycles. The SMILES string of the molecule is CCN(CC(=O)NCc1ccc(C)cc1)CC(=O)NC(C)C. The molecule has 0 aliphatic carbocycles. The molecule has 2 amide bonds. The minimum atomic E-state index is -0.0697. The van der Waals surface area contributed by atoms with Crippen LogP contribution in [0.2, 0.25) is 0 Å². The van der Waals surface area contributed by atoms with Crippen molar-refractivity contribution in [2.45, 2.75) is 40.3 Å². The van der Waals surface area contributed by atoms with Crippen LogP contribution < -0.4 is 10.6 Å². The molecule has 122 valence electrons. The van der Waals surface area contributed by atoms with E-state index in [0.29, 0.717) is 13.1 Å². The fourth-order valence-electron chi connectivity index (χ4n) is 2.02. The molecule has 0 aliphatic rings. The molecule has 0 spiro atoms. The molecule has 0 heterocycles. The Labute approximate surface area is 133 Å². The van der Waals surface area contributed by atoms with Crippen molar-refractivity contribution in [1.82, 2.24) is 15.5 Å². The average molecular weight is 305 g/mol. The summed E-state index contributed by atoms with van der Waals surface area (Å²) in [7, 11) is 0. The molecule has 5 nitrogen and oxygen atoms in total. The molecule has 2 N–H and O–H groups in total. The molecule has 0 fully saturated rings. The van der Waals surface area contributed by atoms with E-state index in [1.807, 2.05) is 56.9 Å². The van der Waals surface area contributed by atoms with Crippen LogP contribution >= 0.6 is 0 Å². The molecule has 1 aromatic carbocycles. The van der Waals surface area contributed by atoms with Gasteiger partial charge in [-0.25, -0.2) is 0 Å². The summed E-state index contributed by atoms with van der Waals surface area (Å²) < 4.78 is 0. The summed E-state index contributed by atoms with van der Waals surface area (Å²) in [5, 5.41) is 5.72.